The minimum atomic E-state index is -0.485. The molecule has 27 heavy (non-hydrogen) atoms. The molecule has 1 atom stereocenters. The zero-order chi connectivity index (χ0) is 19.4. The van der Waals surface area contributed by atoms with Gasteiger partial charge in [-0.1, -0.05) is 6.07 Å². The highest BCUT2D eigenvalue weighted by atomic mass is 16.6. The fourth-order valence-corrected chi connectivity index (χ4v) is 3.13. The van der Waals surface area contributed by atoms with Gasteiger partial charge in [0.2, 0.25) is 5.91 Å². The topological polar surface area (TPSA) is 136 Å². The van der Waals surface area contributed by atoms with E-state index in [1.807, 2.05) is 4.90 Å². The Hall–Kier alpha value is -3.27. The van der Waals surface area contributed by atoms with Gasteiger partial charge in [0.05, 0.1) is 17.2 Å². The molecule has 1 unspecified atom stereocenters. The number of nitro groups is 1. The Balaban J connectivity index is 1.66. The molecule has 1 saturated heterocycles. The van der Waals surface area contributed by atoms with Crippen LogP contribution in [0.25, 0.3) is 5.69 Å². The molecule has 0 radical (unpaired) electrons. The number of hydrogen-bond acceptors (Lipinski definition) is 6. The Labute approximate surface area is 155 Å². The summed E-state index contributed by atoms with van der Waals surface area (Å²) in [6.45, 7) is 1.50. The van der Waals surface area contributed by atoms with Crippen LogP contribution in [0.2, 0.25) is 0 Å². The smallest absolute Gasteiger partial charge is 0.272 e. The van der Waals surface area contributed by atoms with E-state index in [2.05, 4.69) is 10.4 Å². The quantitative estimate of drug-likeness (QED) is 0.558. The van der Waals surface area contributed by atoms with Crippen LogP contribution in [-0.2, 0) is 4.79 Å². The molecule has 1 aliphatic heterocycles. The molecule has 1 aromatic heterocycles. The number of piperidine rings is 1. The molecule has 0 saturated carbocycles. The summed E-state index contributed by atoms with van der Waals surface area (Å²) in [7, 11) is 0. The molecule has 1 aliphatic rings. The molecule has 10 nitrogen and oxygen atoms in total. The van der Waals surface area contributed by atoms with Crippen molar-refractivity contribution in [2.24, 2.45) is 5.73 Å². The third-order valence-electron chi connectivity index (χ3n) is 4.35. The van der Waals surface area contributed by atoms with Crippen LogP contribution in [0.1, 0.15) is 23.3 Å². The summed E-state index contributed by atoms with van der Waals surface area (Å²) in [6.07, 6.45) is 3.25. The van der Waals surface area contributed by atoms with E-state index in [9.17, 15) is 19.7 Å². The lowest BCUT2D eigenvalue weighted by Gasteiger charge is -2.32. The fraction of sp³-hybridized carbons (Fsp3) is 0.353. The average molecular weight is 372 g/mol. The highest BCUT2D eigenvalue weighted by molar-refractivity contribution is 5.92. The lowest BCUT2D eigenvalue weighted by Crippen LogP contribution is -2.49. The van der Waals surface area contributed by atoms with Gasteiger partial charge < -0.3 is 11.1 Å². The molecule has 0 aliphatic carbocycles. The fourth-order valence-electron chi connectivity index (χ4n) is 3.13. The number of nitrogens with zero attached hydrogens (tertiary/aromatic N) is 4. The van der Waals surface area contributed by atoms with Gasteiger partial charge in [-0.3, -0.25) is 24.6 Å². The molecular formula is C17H20N6O4. The van der Waals surface area contributed by atoms with Crippen molar-refractivity contribution in [2.75, 3.05) is 19.6 Å². The molecule has 1 fully saturated rings. The van der Waals surface area contributed by atoms with Crippen LogP contribution in [0.5, 0.6) is 0 Å². The molecule has 10 heteroatoms. The third kappa shape index (κ3) is 4.67. The molecule has 3 N–H and O–H groups in total. The summed E-state index contributed by atoms with van der Waals surface area (Å²) in [5.74, 6) is -0.720. The normalized spacial score (nSPS) is 17.4. The van der Waals surface area contributed by atoms with Crippen LogP contribution in [-0.4, -0.2) is 57.1 Å². The second-order valence-corrected chi connectivity index (χ2v) is 6.44. The van der Waals surface area contributed by atoms with Gasteiger partial charge in [-0.2, -0.15) is 5.10 Å². The number of carbonyl (C=O) groups excluding carboxylic acids is 2. The minimum Gasteiger partial charge on any atom is -0.369 e. The van der Waals surface area contributed by atoms with E-state index < -0.39 is 10.8 Å². The maximum atomic E-state index is 12.5. The molecule has 0 bridgehead atoms. The molecule has 2 aromatic rings. The Bertz CT molecular complexity index is 865. The summed E-state index contributed by atoms with van der Waals surface area (Å²) >= 11 is 0. The Morgan fingerprint density at radius 3 is 2.93 bits per heavy atom. The van der Waals surface area contributed by atoms with Crippen molar-refractivity contribution in [1.82, 2.24) is 20.0 Å². The van der Waals surface area contributed by atoms with Gasteiger partial charge >= 0.3 is 0 Å². The van der Waals surface area contributed by atoms with E-state index in [4.69, 9.17) is 5.73 Å². The Kier molecular flexibility index (Phi) is 5.46. The number of nitrogens with two attached hydrogens (primary N) is 1. The summed E-state index contributed by atoms with van der Waals surface area (Å²) in [4.78, 5) is 35.8. The van der Waals surface area contributed by atoms with Gasteiger partial charge in [-0.05, 0) is 31.5 Å². The van der Waals surface area contributed by atoms with Crippen molar-refractivity contribution in [1.29, 1.82) is 0 Å². The first-order chi connectivity index (χ1) is 12.9. The first-order valence-corrected chi connectivity index (χ1v) is 8.54. The number of hydrogen-bond donors (Lipinski definition) is 2. The number of aromatic nitrogens is 2. The van der Waals surface area contributed by atoms with Crippen LogP contribution in [0.3, 0.4) is 0 Å². The van der Waals surface area contributed by atoms with E-state index in [1.165, 1.54) is 16.8 Å². The van der Waals surface area contributed by atoms with E-state index >= 15 is 0 Å². The van der Waals surface area contributed by atoms with Crippen molar-refractivity contribution in [3.63, 3.8) is 0 Å². The van der Waals surface area contributed by atoms with Crippen molar-refractivity contribution >= 4 is 17.5 Å². The molecule has 0 spiro atoms. The van der Waals surface area contributed by atoms with E-state index in [1.54, 1.807) is 24.4 Å². The largest absolute Gasteiger partial charge is 0.369 e. The maximum Gasteiger partial charge on any atom is 0.272 e. The Morgan fingerprint density at radius 1 is 1.37 bits per heavy atom. The summed E-state index contributed by atoms with van der Waals surface area (Å²) in [5.41, 5.74) is 5.89. The van der Waals surface area contributed by atoms with Crippen molar-refractivity contribution in [3.05, 3.63) is 52.3 Å². The third-order valence-corrected chi connectivity index (χ3v) is 4.35. The number of carbonyl (C=O) groups is 2. The number of benzene rings is 1. The van der Waals surface area contributed by atoms with Gasteiger partial charge in [0.15, 0.2) is 5.69 Å². The second kappa shape index (κ2) is 7.96. The monoisotopic (exact) mass is 372 g/mol. The van der Waals surface area contributed by atoms with E-state index in [0.717, 1.165) is 19.4 Å². The average Bonchev–Trinajstić information content (AvgIpc) is 3.12. The summed E-state index contributed by atoms with van der Waals surface area (Å²) in [6, 6.07) is 7.47. The number of rotatable bonds is 6. The van der Waals surface area contributed by atoms with Gasteiger partial charge in [-0.25, -0.2) is 4.68 Å². The number of primary amides is 1. The lowest BCUT2D eigenvalue weighted by atomic mass is 10.1. The van der Waals surface area contributed by atoms with Gasteiger partial charge in [-0.15, -0.1) is 0 Å². The van der Waals surface area contributed by atoms with Crippen LogP contribution in [0, 0.1) is 10.1 Å². The highest BCUT2D eigenvalue weighted by Crippen LogP contribution is 2.16. The number of non-ortho nitro benzene ring substituents is 1. The van der Waals surface area contributed by atoms with Gasteiger partial charge in [0.1, 0.15) is 0 Å². The van der Waals surface area contributed by atoms with Crippen molar-refractivity contribution in [3.8, 4) is 5.69 Å². The lowest BCUT2D eigenvalue weighted by molar-refractivity contribution is -0.384. The SMILES string of the molecule is NC(=O)CN1CCCC(NC(=O)c2ccn(-c3cccc([N+](=O)[O-])c3)n2)C1. The van der Waals surface area contributed by atoms with E-state index in [0.29, 0.717) is 12.2 Å². The van der Waals surface area contributed by atoms with Crippen molar-refractivity contribution < 1.29 is 14.5 Å². The minimum absolute atomic E-state index is 0.0502. The molecule has 3 rings (SSSR count). The molecule has 1 aromatic carbocycles. The van der Waals surface area contributed by atoms with Crippen LogP contribution in [0.4, 0.5) is 5.69 Å². The number of likely N-dealkylation sites (tertiary alicyclic amines) is 1. The maximum absolute atomic E-state index is 12.5. The highest BCUT2D eigenvalue weighted by Gasteiger charge is 2.23. The summed E-state index contributed by atoms with van der Waals surface area (Å²) < 4.78 is 1.42. The second-order valence-electron chi connectivity index (χ2n) is 6.44. The molecule has 2 amide bonds. The number of nitrogens with one attached hydrogen (secondary N) is 1. The predicted octanol–water partition coefficient (Wildman–Crippen LogP) is 0.460. The number of amides is 2. The Morgan fingerprint density at radius 2 is 2.19 bits per heavy atom. The van der Waals surface area contributed by atoms with Crippen LogP contribution >= 0.6 is 0 Å². The zero-order valence-electron chi connectivity index (χ0n) is 14.6. The molecule has 2 heterocycles. The first kappa shape index (κ1) is 18.5. The van der Waals surface area contributed by atoms with Crippen LogP contribution < -0.4 is 11.1 Å². The van der Waals surface area contributed by atoms with Gasteiger partial charge in [0.25, 0.3) is 11.6 Å². The molecular weight excluding hydrogens is 352 g/mol. The number of nitro benzene ring substituents is 1. The van der Waals surface area contributed by atoms with Gasteiger partial charge in [0, 0.05) is 30.9 Å². The van der Waals surface area contributed by atoms with Crippen molar-refractivity contribution in [2.45, 2.75) is 18.9 Å². The first-order valence-electron chi connectivity index (χ1n) is 8.54. The van der Waals surface area contributed by atoms with E-state index in [-0.39, 0.29) is 29.9 Å². The zero-order valence-corrected chi connectivity index (χ0v) is 14.6. The van der Waals surface area contributed by atoms with Crippen LogP contribution in [0.15, 0.2) is 36.5 Å². The summed E-state index contributed by atoms with van der Waals surface area (Å²) in [5, 5.41) is 18.0. The molecule has 142 valence electrons. The predicted molar refractivity (Wildman–Crippen MR) is 96.3 cm³/mol. The standard InChI is InChI=1S/C17H20N6O4/c18-16(24)11-21-7-2-3-12(10-21)19-17(25)15-6-8-22(20-15)13-4-1-5-14(9-13)23(26)27/h1,4-6,8-9,12H,2-3,7,10-11H2,(H2,18,24)(H,19,25).